The third-order valence-electron chi connectivity index (χ3n) is 3.43. The van der Waals surface area contributed by atoms with E-state index in [9.17, 15) is 5.11 Å². The molecule has 0 aliphatic carbocycles. The van der Waals surface area contributed by atoms with Gasteiger partial charge in [-0.1, -0.05) is 44.9 Å². The first-order chi connectivity index (χ1) is 7.55. The van der Waals surface area contributed by atoms with E-state index in [0.29, 0.717) is 0 Å². The molecule has 0 aromatic heterocycles. The Kier molecular flexibility index (Phi) is 4.55. The summed E-state index contributed by atoms with van der Waals surface area (Å²) in [4.78, 5) is 0. The number of aliphatic hydroxyl groups is 1. The Hall–Kier alpha value is -0.820. The number of hydrogen-bond acceptors (Lipinski definition) is 1. The van der Waals surface area contributed by atoms with Crippen molar-refractivity contribution >= 4 is 0 Å². The van der Waals surface area contributed by atoms with Gasteiger partial charge in [0, 0.05) is 0 Å². The fraction of sp³-hybridized carbons (Fsp3) is 0.600. The van der Waals surface area contributed by atoms with Crippen LogP contribution in [0.25, 0.3) is 0 Å². The maximum Gasteiger partial charge on any atom is 0.0899 e. The average molecular weight is 220 g/mol. The summed E-state index contributed by atoms with van der Waals surface area (Å²) in [6, 6.07) is 6.23. The molecule has 1 aromatic rings. The van der Waals surface area contributed by atoms with Crippen LogP contribution in [0, 0.1) is 13.8 Å². The van der Waals surface area contributed by atoms with Gasteiger partial charge < -0.3 is 5.11 Å². The van der Waals surface area contributed by atoms with Gasteiger partial charge in [-0.2, -0.15) is 0 Å². The molecule has 0 bridgehead atoms. The lowest BCUT2D eigenvalue weighted by Gasteiger charge is -2.30. The van der Waals surface area contributed by atoms with Crippen molar-refractivity contribution in [1.82, 2.24) is 0 Å². The van der Waals surface area contributed by atoms with Gasteiger partial charge in [0.15, 0.2) is 0 Å². The first-order valence-electron chi connectivity index (χ1n) is 6.34. The molecule has 0 aliphatic rings. The third kappa shape index (κ3) is 2.65. The summed E-state index contributed by atoms with van der Waals surface area (Å²) < 4.78 is 0. The van der Waals surface area contributed by atoms with Crippen molar-refractivity contribution in [3.8, 4) is 0 Å². The molecule has 16 heavy (non-hydrogen) atoms. The summed E-state index contributed by atoms with van der Waals surface area (Å²) in [5.74, 6) is 0. The molecular formula is C15H24O. The lowest BCUT2D eigenvalue weighted by atomic mass is 9.82. The van der Waals surface area contributed by atoms with Crippen LogP contribution in [0.2, 0.25) is 0 Å². The minimum atomic E-state index is -0.625. The van der Waals surface area contributed by atoms with Crippen LogP contribution in [0.3, 0.4) is 0 Å². The van der Waals surface area contributed by atoms with Gasteiger partial charge in [-0.15, -0.1) is 0 Å². The van der Waals surface area contributed by atoms with Crippen LogP contribution in [0.1, 0.15) is 56.2 Å². The van der Waals surface area contributed by atoms with Crippen LogP contribution >= 0.6 is 0 Å². The Labute approximate surface area is 99.5 Å². The number of hydrogen-bond donors (Lipinski definition) is 1. The van der Waals surface area contributed by atoms with Gasteiger partial charge in [-0.3, -0.25) is 0 Å². The normalized spacial score (nSPS) is 11.8. The number of aryl methyl sites for hydroxylation is 1. The van der Waals surface area contributed by atoms with Crippen molar-refractivity contribution in [3.05, 3.63) is 34.9 Å². The highest BCUT2D eigenvalue weighted by Crippen LogP contribution is 2.34. The SMILES string of the molecule is CCCC(O)(CCC)c1cccc(C)c1C. The van der Waals surface area contributed by atoms with E-state index in [4.69, 9.17) is 0 Å². The lowest BCUT2D eigenvalue weighted by Crippen LogP contribution is -2.26. The summed E-state index contributed by atoms with van der Waals surface area (Å²) in [5, 5.41) is 10.8. The zero-order valence-electron chi connectivity index (χ0n) is 11.0. The minimum absolute atomic E-state index is 0.625. The molecule has 0 atom stereocenters. The zero-order valence-corrected chi connectivity index (χ0v) is 11.0. The molecule has 0 fully saturated rings. The Morgan fingerprint density at radius 2 is 1.62 bits per heavy atom. The second kappa shape index (κ2) is 5.49. The van der Waals surface area contributed by atoms with Crippen LogP contribution < -0.4 is 0 Å². The molecule has 0 saturated carbocycles. The van der Waals surface area contributed by atoms with Gasteiger partial charge in [0.05, 0.1) is 5.60 Å². The molecule has 0 unspecified atom stereocenters. The summed E-state index contributed by atoms with van der Waals surface area (Å²) in [5.41, 5.74) is 3.01. The summed E-state index contributed by atoms with van der Waals surface area (Å²) in [6.45, 7) is 8.48. The Morgan fingerprint density at radius 1 is 1.06 bits per heavy atom. The molecule has 1 aromatic carbocycles. The summed E-state index contributed by atoms with van der Waals surface area (Å²) >= 11 is 0. The van der Waals surface area contributed by atoms with Crippen molar-refractivity contribution in [2.24, 2.45) is 0 Å². The molecule has 1 rings (SSSR count). The molecule has 0 radical (unpaired) electrons. The molecule has 1 N–H and O–H groups in total. The van der Waals surface area contributed by atoms with E-state index in [1.165, 1.54) is 11.1 Å². The highest BCUT2D eigenvalue weighted by molar-refractivity contribution is 5.37. The maximum atomic E-state index is 10.8. The molecule has 0 aliphatic heterocycles. The van der Waals surface area contributed by atoms with Gasteiger partial charge in [0.2, 0.25) is 0 Å². The van der Waals surface area contributed by atoms with Gasteiger partial charge in [0.1, 0.15) is 0 Å². The third-order valence-corrected chi connectivity index (χ3v) is 3.43. The largest absolute Gasteiger partial charge is 0.385 e. The zero-order chi connectivity index (χ0) is 12.2. The van der Waals surface area contributed by atoms with Gasteiger partial charge >= 0.3 is 0 Å². The second-order valence-electron chi connectivity index (χ2n) is 4.78. The van der Waals surface area contributed by atoms with Crippen molar-refractivity contribution in [1.29, 1.82) is 0 Å². The minimum Gasteiger partial charge on any atom is -0.385 e. The van der Waals surface area contributed by atoms with E-state index >= 15 is 0 Å². The lowest BCUT2D eigenvalue weighted by molar-refractivity contribution is 0.0163. The smallest absolute Gasteiger partial charge is 0.0899 e. The van der Waals surface area contributed by atoms with Gasteiger partial charge in [0.25, 0.3) is 0 Å². The van der Waals surface area contributed by atoms with Crippen LogP contribution in [-0.2, 0) is 5.60 Å². The summed E-state index contributed by atoms with van der Waals surface area (Å²) in [7, 11) is 0. The molecule has 1 nitrogen and oxygen atoms in total. The molecule has 0 amide bonds. The maximum absolute atomic E-state index is 10.8. The fourth-order valence-corrected chi connectivity index (χ4v) is 2.48. The molecule has 0 heterocycles. The monoisotopic (exact) mass is 220 g/mol. The van der Waals surface area contributed by atoms with Crippen LogP contribution in [0.4, 0.5) is 0 Å². The van der Waals surface area contributed by atoms with Crippen LogP contribution in [0.15, 0.2) is 18.2 Å². The second-order valence-corrected chi connectivity index (χ2v) is 4.78. The Balaban J connectivity index is 3.15. The molecule has 0 spiro atoms. The standard InChI is InChI=1S/C15H24O/c1-5-10-15(16,11-6-2)14-9-7-8-12(3)13(14)4/h7-9,16H,5-6,10-11H2,1-4H3. The molecule has 0 saturated heterocycles. The van der Waals surface area contributed by atoms with Crippen LogP contribution in [-0.4, -0.2) is 5.11 Å². The fourth-order valence-electron chi connectivity index (χ4n) is 2.48. The van der Waals surface area contributed by atoms with E-state index in [1.807, 2.05) is 6.07 Å². The first kappa shape index (κ1) is 13.2. The van der Waals surface area contributed by atoms with Crippen molar-refractivity contribution in [3.63, 3.8) is 0 Å². The van der Waals surface area contributed by atoms with Crippen LogP contribution in [0.5, 0.6) is 0 Å². The predicted molar refractivity (Wildman–Crippen MR) is 69.6 cm³/mol. The van der Waals surface area contributed by atoms with E-state index in [1.54, 1.807) is 0 Å². The highest BCUT2D eigenvalue weighted by atomic mass is 16.3. The number of benzene rings is 1. The van der Waals surface area contributed by atoms with E-state index in [0.717, 1.165) is 31.2 Å². The van der Waals surface area contributed by atoms with Gasteiger partial charge in [-0.25, -0.2) is 0 Å². The Morgan fingerprint density at radius 3 is 2.12 bits per heavy atom. The quantitative estimate of drug-likeness (QED) is 0.792. The van der Waals surface area contributed by atoms with Crippen molar-refractivity contribution < 1.29 is 5.11 Å². The van der Waals surface area contributed by atoms with E-state index < -0.39 is 5.60 Å². The van der Waals surface area contributed by atoms with E-state index in [-0.39, 0.29) is 0 Å². The topological polar surface area (TPSA) is 20.2 Å². The Bertz CT molecular complexity index is 335. The highest BCUT2D eigenvalue weighted by Gasteiger charge is 2.28. The number of rotatable bonds is 5. The van der Waals surface area contributed by atoms with Crippen molar-refractivity contribution in [2.45, 2.75) is 59.0 Å². The van der Waals surface area contributed by atoms with Crippen molar-refractivity contribution in [2.75, 3.05) is 0 Å². The molecular weight excluding hydrogens is 196 g/mol. The summed E-state index contributed by atoms with van der Waals surface area (Å²) in [6.07, 6.45) is 3.74. The average Bonchev–Trinajstić information content (AvgIpc) is 2.22. The first-order valence-corrected chi connectivity index (χ1v) is 6.34. The van der Waals surface area contributed by atoms with Gasteiger partial charge in [-0.05, 0) is 43.4 Å². The molecule has 90 valence electrons. The molecule has 1 heteroatoms. The predicted octanol–water partition coefficient (Wildman–Crippen LogP) is 4.09. The van der Waals surface area contributed by atoms with E-state index in [2.05, 4.69) is 39.8 Å².